The number of nitrogen functional groups attached to an aromatic ring is 1. The Morgan fingerprint density at radius 1 is 1.12 bits per heavy atom. The predicted octanol–water partition coefficient (Wildman–Crippen LogP) is 4.14. The fourth-order valence-electron chi connectivity index (χ4n) is 3.51. The van der Waals surface area contributed by atoms with Crippen molar-refractivity contribution in [2.24, 2.45) is 0 Å². The van der Waals surface area contributed by atoms with Crippen LogP contribution in [-0.2, 0) is 9.53 Å². The van der Waals surface area contributed by atoms with E-state index in [0.29, 0.717) is 11.3 Å². The summed E-state index contributed by atoms with van der Waals surface area (Å²) in [7, 11) is 0. The molecule has 0 spiro atoms. The summed E-state index contributed by atoms with van der Waals surface area (Å²) in [6.45, 7) is 1.56. The predicted molar refractivity (Wildman–Crippen MR) is 131 cm³/mol. The van der Waals surface area contributed by atoms with Gasteiger partial charge in [-0.3, -0.25) is 4.79 Å². The number of hydrogen-bond acceptors (Lipinski definition) is 6. The third-order valence-electron chi connectivity index (χ3n) is 5.25. The molecular weight excluding hydrogens is 459 g/mol. The van der Waals surface area contributed by atoms with Crippen LogP contribution in [-0.4, -0.2) is 29.9 Å². The highest BCUT2D eigenvalue weighted by Crippen LogP contribution is 2.26. The summed E-state index contributed by atoms with van der Waals surface area (Å²) in [6, 6.07) is 15.6. The quantitative estimate of drug-likeness (QED) is 0.456. The molecule has 2 aromatic carbocycles. The van der Waals surface area contributed by atoms with Crippen LogP contribution in [0.2, 0.25) is 0 Å². The summed E-state index contributed by atoms with van der Waals surface area (Å²) in [5, 5.41) is 5.89. The number of nitrogens with two attached hydrogens (primary N) is 1. The summed E-state index contributed by atoms with van der Waals surface area (Å²) >= 11 is 0. The summed E-state index contributed by atoms with van der Waals surface area (Å²) in [4.78, 5) is 30.3. The van der Waals surface area contributed by atoms with Crippen molar-refractivity contribution in [2.45, 2.75) is 12.5 Å². The van der Waals surface area contributed by atoms with Crippen molar-refractivity contribution in [1.29, 1.82) is 0 Å². The topological polar surface area (TPSA) is 106 Å². The van der Waals surface area contributed by atoms with Gasteiger partial charge in [-0.15, -0.1) is 12.4 Å². The van der Waals surface area contributed by atoms with Gasteiger partial charge in [-0.25, -0.2) is 14.2 Å². The van der Waals surface area contributed by atoms with Crippen molar-refractivity contribution in [3.63, 3.8) is 0 Å². The second kappa shape index (κ2) is 11.4. The van der Waals surface area contributed by atoms with E-state index in [1.807, 2.05) is 6.08 Å². The van der Waals surface area contributed by atoms with E-state index in [0.717, 1.165) is 30.6 Å². The standard InChI is InChI=1S/C25H23FN4O3.ClH/c26-19-6-8-20(9-7-19)30-24(31)22(17-4-2-1-3-5-17)33-25(32)21-14-18(15-29-23(21)27)16-10-12-28-13-11-16;/h1-10,14-15,22,28H,11-13H2,(H2,27,29)(H,30,31);1H/t22-;/m1./s1. The zero-order chi connectivity index (χ0) is 23.2. The van der Waals surface area contributed by atoms with Crippen molar-refractivity contribution in [3.8, 4) is 0 Å². The molecule has 9 heteroatoms. The third kappa shape index (κ3) is 5.98. The van der Waals surface area contributed by atoms with Gasteiger partial charge in [0.15, 0.2) is 0 Å². The highest BCUT2D eigenvalue weighted by Gasteiger charge is 2.27. The molecule has 7 nitrogen and oxygen atoms in total. The molecule has 0 saturated carbocycles. The number of carbonyl (C=O) groups excluding carboxylic acids is 2. The molecular formula is C25H24ClFN4O3. The number of ether oxygens (including phenoxy) is 1. The van der Waals surface area contributed by atoms with Gasteiger partial charge in [-0.05, 0) is 54.4 Å². The maximum Gasteiger partial charge on any atom is 0.343 e. The molecule has 0 fully saturated rings. The molecule has 1 aromatic heterocycles. The lowest BCUT2D eigenvalue weighted by Gasteiger charge is -2.19. The Balaban J connectivity index is 0.00000324. The lowest BCUT2D eigenvalue weighted by atomic mass is 10.0. The molecule has 1 aliphatic heterocycles. The average molecular weight is 483 g/mol. The number of anilines is 2. The fraction of sp³-hybridized carbons (Fsp3) is 0.160. The van der Waals surface area contributed by atoms with E-state index >= 15 is 0 Å². The molecule has 0 saturated heterocycles. The number of rotatable bonds is 6. The number of halogens is 2. The third-order valence-corrected chi connectivity index (χ3v) is 5.25. The van der Waals surface area contributed by atoms with Crippen LogP contribution < -0.4 is 16.4 Å². The molecule has 0 aliphatic carbocycles. The van der Waals surface area contributed by atoms with Crippen molar-refractivity contribution >= 4 is 41.4 Å². The van der Waals surface area contributed by atoms with Crippen molar-refractivity contribution in [2.75, 3.05) is 24.1 Å². The van der Waals surface area contributed by atoms with Gasteiger partial charge >= 0.3 is 5.97 Å². The van der Waals surface area contributed by atoms with Gasteiger partial charge in [0.05, 0.1) is 0 Å². The Bertz CT molecular complexity index is 1190. The van der Waals surface area contributed by atoms with Crippen molar-refractivity contribution < 1.29 is 18.7 Å². The van der Waals surface area contributed by atoms with Gasteiger partial charge in [0.25, 0.3) is 5.91 Å². The summed E-state index contributed by atoms with van der Waals surface area (Å²) in [5.74, 6) is -1.75. The molecule has 4 rings (SSSR count). The Morgan fingerprint density at radius 2 is 1.85 bits per heavy atom. The first-order valence-corrected chi connectivity index (χ1v) is 10.5. The number of nitrogens with zero attached hydrogens (tertiary/aromatic N) is 1. The van der Waals surface area contributed by atoms with E-state index in [1.165, 1.54) is 24.3 Å². The number of aromatic nitrogens is 1. The summed E-state index contributed by atoms with van der Waals surface area (Å²) in [5.41, 5.74) is 8.75. The normalized spacial score (nSPS) is 13.7. The smallest absolute Gasteiger partial charge is 0.343 e. The minimum absolute atomic E-state index is 0. The molecule has 1 aliphatic rings. The number of hydrogen-bond donors (Lipinski definition) is 3. The SMILES string of the molecule is Cl.Nc1ncc(C2=CCNCC2)cc1C(=O)O[C@@H](C(=O)Nc1ccc(F)cc1)c1ccccc1. The number of benzene rings is 2. The maximum absolute atomic E-state index is 13.2. The van der Waals surface area contributed by atoms with E-state index in [-0.39, 0.29) is 23.8 Å². The molecule has 3 aromatic rings. The molecule has 0 unspecified atom stereocenters. The first-order chi connectivity index (χ1) is 16.0. The Morgan fingerprint density at radius 3 is 2.53 bits per heavy atom. The van der Waals surface area contributed by atoms with E-state index < -0.39 is 23.8 Å². The number of pyridine rings is 1. The molecule has 4 N–H and O–H groups in total. The molecule has 34 heavy (non-hydrogen) atoms. The van der Waals surface area contributed by atoms with E-state index in [2.05, 4.69) is 15.6 Å². The largest absolute Gasteiger partial charge is 0.444 e. The van der Waals surface area contributed by atoms with Crippen LogP contribution in [0.25, 0.3) is 5.57 Å². The van der Waals surface area contributed by atoms with Gasteiger partial charge in [-0.2, -0.15) is 0 Å². The highest BCUT2D eigenvalue weighted by molar-refractivity contribution is 6.00. The van der Waals surface area contributed by atoms with Crippen LogP contribution in [0.15, 0.2) is 72.9 Å². The zero-order valence-corrected chi connectivity index (χ0v) is 19.0. The Kier molecular flexibility index (Phi) is 8.34. The number of nitrogens with one attached hydrogen (secondary N) is 2. The monoisotopic (exact) mass is 482 g/mol. The lowest BCUT2D eigenvalue weighted by molar-refractivity contribution is -0.125. The van der Waals surface area contributed by atoms with E-state index in [4.69, 9.17) is 10.5 Å². The summed E-state index contributed by atoms with van der Waals surface area (Å²) < 4.78 is 18.8. The number of amides is 1. The Labute approximate surface area is 202 Å². The molecule has 0 bridgehead atoms. The summed E-state index contributed by atoms with van der Waals surface area (Å²) in [6.07, 6.45) is 3.21. The van der Waals surface area contributed by atoms with E-state index in [1.54, 1.807) is 42.6 Å². The maximum atomic E-state index is 13.2. The van der Waals surface area contributed by atoms with Crippen LogP contribution in [0.3, 0.4) is 0 Å². The molecule has 1 amide bonds. The molecule has 176 valence electrons. The second-order valence-corrected chi connectivity index (χ2v) is 7.53. The van der Waals surface area contributed by atoms with Crippen LogP contribution in [0.4, 0.5) is 15.9 Å². The first kappa shape index (κ1) is 24.9. The van der Waals surface area contributed by atoms with Gasteiger partial charge in [0.2, 0.25) is 6.10 Å². The first-order valence-electron chi connectivity index (χ1n) is 10.5. The van der Waals surface area contributed by atoms with Gasteiger partial charge in [-0.1, -0.05) is 36.4 Å². The number of carbonyl (C=O) groups is 2. The minimum Gasteiger partial charge on any atom is -0.444 e. The van der Waals surface area contributed by atoms with Gasteiger partial charge in [0.1, 0.15) is 17.2 Å². The molecule has 1 atom stereocenters. The highest BCUT2D eigenvalue weighted by atomic mass is 35.5. The lowest BCUT2D eigenvalue weighted by Crippen LogP contribution is -2.26. The fourth-order valence-corrected chi connectivity index (χ4v) is 3.51. The molecule has 2 heterocycles. The molecule has 0 radical (unpaired) electrons. The van der Waals surface area contributed by atoms with Gasteiger partial charge < -0.3 is 21.1 Å². The zero-order valence-electron chi connectivity index (χ0n) is 18.2. The average Bonchev–Trinajstić information content (AvgIpc) is 2.85. The van der Waals surface area contributed by atoms with Crippen LogP contribution in [0.5, 0.6) is 0 Å². The van der Waals surface area contributed by atoms with Crippen LogP contribution in [0.1, 0.15) is 34.0 Å². The second-order valence-electron chi connectivity index (χ2n) is 7.53. The van der Waals surface area contributed by atoms with Crippen molar-refractivity contribution in [1.82, 2.24) is 10.3 Å². The van der Waals surface area contributed by atoms with Crippen LogP contribution in [0, 0.1) is 5.82 Å². The number of esters is 1. The Hall–Kier alpha value is -3.75. The van der Waals surface area contributed by atoms with E-state index in [9.17, 15) is 14.0 Å². The van der Waals surface area contributed by atoms with Gasteiger partial charge in [0, 0.05) is 24.0 Å². The minimum atomic E-state index is -1.25. The van der Waals surface area contributed by atoms with Crippen LogP contribution >= 0.6 is 12.4 Å². The van der Waals surface area contributed by atoms with Crippen molar-refractivity contribution in [3.05, 3.63) is 95.4 Å².